The Morgan fingerprint density at radius 2 is 1.48 bits per heavy atom. The summed E-state index contributed by atoms with van der Waals surface area (Å²) in [5, 5.41) is 14.4. The molecule has 1 saturated carbocycles. The van der Waals surface area contributed by atoms with Crippen molar-refractivity contribution in [2.24, 2.45) is 11.8 Å². The Labute approximate surface area is 262 Å². The molecule has 8 heteroatoms. The van der Waals surface area contributed by atoms with Crippen molar-refractivity contribution in [1.29, 1.82) is 5.26 Å². The summed E-state index contributed by atoms with van der Waals surface area (Å²) in [6, 6.07) is 19.7. The molecule has 1 aliphatic carbocycles. The summed E-state index contributed by atoms with van der Waals surface area (Å²) in [4.78, 5) is 26.5. The van der Waals surface area contributed by atoms with Crippen LogP contribution >= 0.6 is 0 Å². The number of carbonyl (C=O) groups is 2. The second-order valence-electron chi connectivity index (χ2n) is 14.4. The molecule has 1 heterocycles. The van der Waals surface area contributed by atoms with E-state index < -0.39 is 11.2 Å². The highest BCUT2D eigenvalue weighted by Gasteiger charge is 2.44. The zero-order chi connectivity index (χ0) is 32.3. The number of aryl methyl sites for hydroxylation is 1. The molecule has 1 aliphatic rings. The van der Waals surface area contributed by atoms with Crippen LogP contribution in [0.4, 0.5) is 10.6 Å². The molecule has 1 amide bonds. The van der Waals surface area contributed by atoms with Crippen LogP contribution in [0, 0.1) is 30.1 Å². The second kappa shape index (κ2) is 13.0. The first-order chi connectivity index (χ1) is 20.6. The third-order valence-corrected chi connectivity index (χ3v) is 8.05. The molecule has 0 bridgehead atoms. The highest BCUT2D eigenvalue weighted by molar-refractivity contribution is 5.82. The first kappa shape index (κ1) is 32.9. The fraction of sp³-hybridized carbons (Fsp3) is 0.500. The molecule has 44 heavy (non-hydrogen) atoms. The molecule has 3 aromatic rings. The smallest absolute Gasteiger partial charge is 0.460 e. The standard InChI is InChI=1S/C36H47N4O4/c1-25-9-17-29(18-10-25)31-22-32(38-39(31)30-19-15-27(23-37)16-20-30)40(8,34(42)44-36(5,6)7)24-28-13-11-26(12-14-28)21-33(41)43-35(2,3)4/h9-10,15-20,22,26,28H,11-14,21,24H2,1-8H3/q+1. The van der Waals surface area contributed by atoms with E-state index in [-0.39, 0.29) is 28.4 Å². The molecule has 1 fully saturated rings. The van der Waals surface area contributed by atoms with Crippen molar-refractivity contribution >= 4 is 17.9 Å². The minimum Gasteiger partial charge on any atom is -0.460 e. The SMILES string of the molecule is Cc1ccc(-c2cc([N+](C)(CC3CCC(CC(=O)OC(C)(C)C)CC3)C(=O)OC(C)(C)C)nn2-c2ccc(C#N)cc2)cc1. The molecule has 4 rings (SSSR count). The van der Waals surface area contributed by atoms with Gasteiger partial charge in [-0.05, 0) is 104 Å². The maximum atomic E-state index is 14.0. The van der Waals surface area contributed by atoms with E-state index in [1.807, 2.05) is 78.4 Å². The fourth-order valence-corrected chi connectivity index (χ4v) is 5.79. The van der Waals surface area contributed by atoms with E-state index in [0.29, 0.717) is 24.3 Å². The number of amides is 1. The molecule has 2 aromatic carbocycles. The molecule has 234 valence electrons. The predicted molar refractivity (Wildman–Crippen MR) is 173 cm³/mol. The van der Waals surface area contributed by atoms with Gasteiger partial charge in [0.15, 0.2) is 0 Å². The molecule has 0 N–H and O–H groups in total. The first-order valence-electron chi connectivity index (χ1n) is 15.6. The van der Waals surface area contributed by atoms with Gasteiger partial charge in [0.1, 0.15) is 11.2 Å². The van der Waals surface area contributed by atoms with E-state index in [1.165, 1.54) is 0 Å². The van der Waals surface area contributed by atoms with E-state index in [4.69, 9.17) is 14.6 Å². The summed E-state index contributed by atoms with van der Waals surface area (Å²) in [6.45, 7) is 13.9. The average Bonchev–Trinajstić information content (AvgIpc) is 3.39. The lowest BCUT2D eigenvalue weighted by Gasteiger charge is -2.36. The van der Waals surface area contributed by atoms with Gasteiger partial charge in [-0.3, -0.25) is 4.79 Å². The highest BCUT2D eigenvalue weighted by atomic mass is 16.6. The molecule has 0 radical (unpaired) electrons. The van der Waals surface area contributed by atoms with Crippen molar-refractivity contribution < 1.29 is 19.1 Å². The van der Waals surface area contributed by atoms with E-state index in [2.05, 4.69) is 30.3 Å². The van der Waals surface area contributed by atoms with E-state index >= 15 is 0 Å². The van der Waals surface area contributed by atoms with Crippen molar-refractivity contribution in [3.63, 3.8) is 0 Å². The van der Waals surface area contributed by atoms with Gasteiger partial charge in [0.25, 0.3) is 5.82 Å². The summed E-state index contributed by atoms with van der Waals surface area (Å²) in [6.07, 6.45) is 3.71. The number of ether oxygens (including phenoxy) is 2. The zero-order valence-corrected chi connectivity index (χ0v) is 27.5. The lowest BCUT2D eigenvalue weighted by Crippen LogP contribution is -2.55. The summed E-state index contributed by atoms with van der Waals surface area (Å²) < 4.78 is 13.3. The molecule has 0 saturated heterocycles. The number of rotatable bonds is 7. The normalized spacial score (nSPS) is 18.6. The Morgan fingerprint density at radius 1 is 0.909 bits per heavy atom. The van der Waals surface area contributed by atoms with Crippen LogP contribution < -0.4 is 4.48 Å². The number of quaternary nitrogens is 1. The van der Waals surface area contributed by atoms with E-state index in [9.17, 15) is 14.9 Å². The Morgan fingerprint density at radius 3 is 2.02 bits per heavy atom. The molecule has 0 spiro atoms. The average molecular weight is 600 g/mol. The van der Waals surface area contributed by atoms with Crippen molar-refractivity contribution in [3.8, 4) is 23.0 Å². The first-order valence-corrected chi connectivity index (χ1v) is 15.6. The van der Waals surface area contributed by atoms with Crippen molar-refractivity contribution in [3.05, 3.63) is 65.7 Å². The van der Waals surface area contributed by atoms with Gasteiger partial charge in [-0.2, -0.15) is 14.5 Å². The van der Waals surface area contributed by atoms with Gasteiger partial charge in [0.05, 0.1) is 36.6 Å². The molecule has 0 aliphatic heterocycles. The second-order valence-corrected chi connectivity index (χ2v) is 14.4. The van der Waals surface area contributed by atoms with Gasteiger partial charge in [0, 0.05) is 24.0 Å². The van der Waals surface area contributed by atoms with Crippen LogP contribution in [0.2, 0.25) is 0 Å². The highest BCUT2D eigenvalue weighted by Crippen LogP contribution is 2.37. The summed E-state index contributed by atoms with van der Waals surface area (Å²) >= 11 is 0. The summed E-state index contributed by atoms with van der Waals surface area (Å²) in [5.41, 5.74) is 3.17. The number of hydrogen-bond donors (Lipinski definition) is 0. The predicted octanol–water partition coefficient (Wildman–Crippen LogP) is 8.13. The number of nitrogens with zero attached hydrogens (tertiary/aromatic N) is 4. The van der Waals surface area contributed by atoms with Crippen LogP contribution in [0.25, 0.3) is 16.9 Å². The third-order valence-electron chi connectivity index (χ3n) is 8.05. The largest absolute Gasteiger partial charge is 0.522 e. The lowest BCUT2D eigenvalue weighted by molar-refractivity contribution is -0.156. The van der Waals surface area contributed by atoms with Crippen LogP contribution in [0.1, 0.15) is 84.8 Å². The molecule has 1 atom stereocenters. The molecular weight excluding hydrogens is 552 g/mol. The molecule has 1 aromatic heterocycles. The summed E-state index contributed by atoms with van der Waals surface area (Å²) in [5.74, 6) is 0.984. The minimum absolute atomic E-state index is 0.110. The third kappa shape index (κ3) is 8.35. The minimum atomic E-state index is -0.669. The van der Waals surface area contributed by atoms with Crippen LogP contribution in [-0.2, 0) is 14.3 Å². The van der Waals surface area contributed by atoms with Gasteiger partial charge in [-0.1, -0.05) is 29.8 Å². The number of aromatic nitrogens is 2. The maximum absolute atomic E-state index is 14.0. The Kier molecular flexibility index (Phi) is 9.70. The molecule has 8 nitrogen and oxygen atoms in total. The van der Waals surface area contributed by atoms with Crippen LogP contribution in [0.15, 0.2) is 54.6 Å². The maximum Gasteiger partial charge on any atom is 0.522 e. The van der Waals surface area contributed by atoms with Crippen molar-refractivity contribution in [1.82, 2.24) is 14.3 Å². The number of nitriles is 1. The van der Waals surface area contributed by atoms with Crippen LogP contribution in [-0.4, -0.2) is 46.6 Å². The molecular formula is C36H47N4O4+. The Bertz CT molecular complexity index is 1500. The van der Waals surface area contributed by atoms with Crippen molar-refractivity contribution in [2.45, 2.75) is 91.8 Å². The monoisotopic (exact) mass is 599 g/mol. The van der Waals surface area contributed by atoms with Gasteiger partial charge in [-0.15, -0.1) is 5.10 Å². The lowest BCUT2D eigenvalue weighted by atomic mass is 9.80. The summed E-state index contributed by atoms with van der Waals surface area (Å²) in [7, 11) is 1.89. The van der Waals surface area contributed by atoms with Gasteiger partial charge >= 0.3 is 12.1 Å². The molecule has 1 unspecified atom stereocenters. The van der Waals surface area contributed by atoms with Gasteiger partial charge in [0.2, 0.25) is 0 Å². The topological polar surface area (TPSA) is 94.2 Å². The van der Waals surface area contributed by atoms with Crippen molar-refractivity contribution in [2.75, 3.05) is 13.6 Å². The van der Waals surface area contributed by atoms with Crippen LogP contribution in [0.3, 0.4) is 0 Å². The zero-order valence-electron chi connectivity index (χ0n) is 27.5. The Hall–Kier alpha value is -3.96. The number of hydrogen-bond acceptors (Lipinski definition) is 6. The quantitative estimate of drug-likeness (QED) is 0.201. The fourth-order valence-electron chi connectivity index (χ4n) is 5.79. The number of esters is 1. The van der Waals surface area contributed by atoms with Gasteiger partial charge in [-0.25, -0.2) is 4.68 Å². The Balaban J connectivity index is 1.67. The number of benzene rings is 2. The van der Waals surface area contributed by atoms with Gasteiger partial charge < -0.3 is 9.47 Å². The van der Waals surface area contributed by atoms with E-state index in [0.717, 1.165) is 48.2 Å². The number of carbonyl (C=O) groups excluding carboxylic acids is 2. The van der Waals surface area contributed by atoms with E-state index in [1.54, 1.807) is 12.1 Å². The van der Waals surface area contributed by atoms with Crippen LogP contribution in [0.5, 0.6) is 0 Å².